The fraction of sp³-hybridized carbons (Fsp3) is 0.500. The molecular weight excluding hydrogens is 364 g/mol. The number of aromatic nitrogens is 2. The van der Waals surface area contributed by atoms with Crippen molar-refractivity contribution in [1.29, 1.82) is 0 Å². The Hall–Kier alpha value is -2.05. The van der Waals surface area contributed by atoms with Gasteiger partial charge in [-0.25, -0.2) is 0 Å². The zero-order valence-electron chi connectivity index (χ0n) is 16.2. The van der Waals surface area contributed by atoms with E-state index in [-0.39, 0.29) is 24.4 Å². The van der Waals surface area contributed by atoms with Gasteiger partial charge in [0.2, 0.25) is 0 Å². The van der Waals surface area contributed by atoms with Crippen LogP contribution in [-0.4, -0.2) is 29.3 Å². The largest absolute Gasteiger partial charge is 0.494 e. The molecule has 1 amide bonds. The van der Waals surface area contributed by atoms with Gasteiger partial charge in [0.25, 0.3) is 5.91 Å². The number of fused-ring (bicyclic) bond motifs is 1. The van der Waals surface area contributed by atoms with E-state index >= 15 is 0 Å². The predicted molar refractivity (Wildman–Crippen MR) is 109 cm³/mol. The van der Waals surface area contributed by atoms with Gasteiger partial charge in [0.15, 0.2) is 5.69 Å². The first-order chi connectivity index (χ1) is 12.5. The van der Waals surface area contributed by atoms with Crippen LogP contribution >= 0.6 is 12.4 Å². The second-order valence-electron chi connectivity index (χ2n) is 7.25. The first kappa shape index (κ1) is 21.3. The molecule has 0 radical (unpaired) electrons. The van der Waals surface area contributed by atoms with Crippen molar-refractivity contribution < 1.29 is 9.53 Å². The normalized spacial score (nSPS) is 14.2. The minimum absolute atomic E-state index is 0. The molecule has 1 unspecified atom stereocenters. The zero-order chi connectivity index (χ0) is 18.5. The summed E-state index contributed by atoms with van der Waals surface area (Å²) in [4.78, 5) is 12.6. The first-order valence-electron chi connectivity index (χ1n) is 9.35. The number of rotatable bonds is 7. The van der Waals surface area contributed by atoms with Crippen LogP contribution in [0.5, 0.6) is 5.75 Å². The number of ether oxygens (including phenoxy) is 1. The summed E-state index contributed by atoms with van der Waals surface area (Å²) < 4.78 is 5.75. The molecule has 1 aromatic carbocycles. The molecule has 3 rings (SSSR count). The number of nitrogens with zero attached hydrogens (tertiary/aromatic N) is 1. The van der Waals surface area contributed by atoms with Crippen molar-refractivity contribution in [3.05, 3.63) is 46.8 Å². The van der Waals surface area contributed by atoms with Crippen molar-refractivity contribution in [3.8, 4) is 5.75 Å². The second-order valence-corrected chi connectivity index (χ2v) is 7.25. The summed E-state index contributed by atoms with van der Waals surface area (Å²) in [6.45, 7) is 8.67. The van der Waals surface area contributed by atoms with E-state index in [0.29, 0.717) is 18.2 Å². The molecule has 0 fully saturated rings. The molecule has 1 aromatic heterocycles. The standard InChI is InChI=1S/C20H28N4O2.ClH/c1-13(2)9-11-26-16-6-4-15(5-7-16)14(3)22-20(25)19-17-12-21-10-8-18(17)23-24-19;/h4-7,13-14,21H,8-12H2,1-3H3,(H,22,25)(H,23,24);1H. The minimum atomic E-state index is -0.143. The molecule has 0 spiro atoms. The molecule has 2 heterocycles. The average Bonchev–Trinajstić information content (AvgIpc) is 3.06. The van der Waals surface area contributed by atoms with Crippen LogP contribution in [0.25, 0.3) is 0 Å². The monoisotopic (exact) mass is 392 g/mol. The van der Waals surface area contributed by atoms with E-state index in [1.165, 1.54) is 0 Å². The minimum Gasteiger partial charge on any atom is -0.494 e. The predicted octanol–water partition coefficient (Wildman–Crippen LogP) is 3.39. The highest BCUT2D eigenvalue weighted by atomic mass is 35.5. The Morgan fingerprint density at radius 1 is 1.26 bits per heavy atom. The van der Waals surface area contributed by atoms with Crippen molar-refractivity contribution in [2.45, 2.75) is 46.2 Å². The van der Waals surface area contributed by atoms with Gasteiger partial charge >= 0.3 is 0 Å². The fourth-order valence-electron chi connectivity index (χ4n) is 3.03. The lowest BCUT2D eigenvalue weighted by Gasteiger charge is -2.16. The SMILES string of the molecule is CC(C)CCOc1ccc(C(C)NC(=O)c2n[nH]c3c2CNCC3)cc1.Cl. The maximum atomic E-state index is 12.6. The van der Waals surface area contributed by atoms with Crippen LogP contribution in [0, 0.1) is 5.92 Å². The molecule has 0 bridgehead atoms. The number of halogens is 1. The molecule has 1 aliphatic rings. The molecule has 27 heavy (non-hydrogen) atoms. The van der Waals surface area contributed by atoms with Gasteiger partial charge in [0.05, 0.1) is 12.6 Å². The zero-order valence-corrected chi connectivity index (χ0v) is 17.0. The van der Waals surface area contributed by atoms with Crippen LogP contribution < -0.4 is 15.4 Å². The van der Waals surface area contributed by atoms with Crippen molar-refractivity contribution in [1.82, 2.24) is 20.8 Å². The van der Waals surface area contributed by atoms with Crippen LogP contribution in [0.4, 0.5) is 0 Å². The third-order valence-electron chi connectivity index (χ3n) is 4.71. The van der Waals surface area contributed by atoms with Crippen molar-refractivity contribution in [3.63, 3.8) is 0 Å². The maximum Gasteiger partial charge on any atom is 0.272 e. The quantitative estimate of drug-likeness (QED) is 0.674. The molecule has 0 aliphatic carbocycles. The summed E-state index contributed by atoms with van der Waals surface area (Å²) in [5.41, 5.74) is 3.57. The number of hydrogen-bond donors (Lipinski definition) is 3. The number of nitrogens with one attached hydrogen (secondary N) is 3. The molecule has 1 aliphatic heterocycles. The van der Waals surface area contributed by atoms with Crippen LogP contribution in [0.3, 0.4) is 0 Å². The average molecular weight is 393 g/mol. The highest BCUT2D eigenvalue weighted by molar-refractivity contribution is 5.94. The summed E-state index contributed by atoms with van der Waals surface area (Å²) in [5.74, 6) is 1.35. The number of carbonyl (C=O) groups is 1. The summed E-state index contributed by atoms with van der Waals surface area (Å²) in [5, 5.41) is 13.5. The highest BCUT2D eigenvalue weighted by Crippen LogP contribution is 2.20. The summed E-state index contributed by atoms with van der Waals surface area (Å²) in [7, 11) is 0. The Morgan fingerprint density at radius 3 is 2.70 bits per heavy atom. The summed E-state index contributed by atoms with van der Waals surface area (Å²) in [6, 6.07) is 7.81. The smallest absolute Gasteiger partial charge is 0.272 e. The Labute approximate surface area is 166 Å². The van der Waals surface area contributed by atoms with Gasteiger partial charge in [-0.15, -0.1) is 12.4 Å². The van der Waals surface area contributed by atoms with Gasteiger partial charge in [-0.1, -0.05) is 26.0 Å². The van der Waals surface area contributed by atoms with E-state index in [1.807, 2.05) is 31.2 Å². The van der Waals surface area contributed by atoms with E-state index < -0.39 is 0 Å². The Balaban J connectivity index is 0.00000261. The van der Waals surface area contributed by atoms with Gasteiger partial charge < -0.3 is 15.4 Å². The number of benzene rings is 1. The van der Waals surface area contributed by atoms with E-state index in [1.54, 1.807) is 0 Å². The second kappa shape index (κ2) is 9.76. The van der Waals surface area contributed by atoms with Gasteiger partial charge in [0, 0.05) is 30.8 Å². The van der Waals surface area contributed by atoms with Gasteiger partial charge in [0.1, 0.15) is 5.75 Å². The lowest BCUT2D eigenvalue weighted by atomic mass is 10.1. The molecule has 0 saturated heterocycles. The Bertz CT molecular complexity index is 743. The lowest BCUT2D eigenvalue weighted by molar-refractivity contribution is 0.0933. The van der Waals surface area contributed by atoms with Crippen LogP contribution in [-0.2, 0) is 13.0 Å². The lowest BCUT2D eigenvalue weighted by Crippen LogP contribution is -2.30. The number of H-pyrrole nitrogens is 1. The van der Waals surface area contributed by atoms with Crippen LogP contribution in [0.15, 0.2) is 24.3 Å². The first-order valence-corrected chi connectivity index (χ1v) is 9.35. The van der Waals surface area contributed by atoms with Crippen molar-refractivity contribution >= 4 is 18.3 Å². The summed E-state index contributed by atoms with van der Waals surface area (Å²) in [6.07, 6.45) is 1.92. The van der Waals surface area contributed by atoms with Crippen molar-refractivity contribution in [2.75, 3.05) is 13.2 Å². The third-order valence-corrected chi connectivity index (χ3v) is 4.71. The van der Waals surface area contributed by atoms with Crippen LogP contribution in [0.2, 0.25) is 0 Å². The Morgan fingerprint density at radius 2 is 2.00 bits per heavy atom. The molecule has 3 N–H and O–H groups in total. The third kappa shape index (κ3) is 5.47. The molecule has 0 saturated carbocycles. The van der Waals surface area contributed by atoms with Gasteiger partial charge in [-0.2, -0.15) is 5.10 Å². The van der Waals surface area contributed by atoms with E-state index in [0.717, 1.165) is 48.6 Å². The molecule has 1 atom stereocenters. The number of amides is 1. The van der Waals surface area contributed by atoms with Crippen LogP contribution in [0.1, 0.15) is 60.5 Å². The topological polar surface area (TPSA) is 79.0 Å². The summed E-state index contributed by atoms with van der Waals surface area (Å²) >= 11 is 0. The van der Waals surface area contributed by atoms with Gasteiger partial charge in [-0.05, 0) is 37.0 Å². The molecule has 6 nitrogen and oxygen atoms in total. The maximum absolute atomic E-state index is 12.6. The molecule has 2 aromatic rings. The number of aromatic amines is 1. The highest BCUT2D eigenvalue weighted by Gasteiger charge is 2.22. The van der Waals surface area contributed by atoms with Crippen molar-refractivity contribution in [2.24, 2.45) is 5.92 Å². The fourth-order valence-corrected chi connectivity index (χ4v) is 3.03. The van der Waals surface area contributed by atoms with E-state index in [9.17, 15) is 4.79 Å². The van der Waals surface area contributed by atoms with Gasteiger partial charge in [-0.3, -0.25) is 9.89 Å². The number of carbonyl (C=O) groups excluding carboxylic acids is 1. The Kier molecular flexibility index (Phi) is 7.68. The molecule has 148 valence electrons. The van der Waals surface area contributed by atoms with E-state index in [2.05, 4.69) is 34.7 Å². The molecule has 7 heteroatoms. The van der Waals surface area contributed by atoms with E-state index in [4.69, 9.17) is 4.74 Å². The molecular formula is C20H29ClN4O2. The number of hydrogen-bond acceptors (Lipinski definition) is 4.